The van der Waals surface area contributed by atoms with E-state index in [1.807, 2.05) is 0 Å². The Hall–Kier alpha value is -3.24. The predicted octanol–water partition coefficient (Wildman–Crippen LogP) is 2.01. The van der Waals surface area contributed by atoms with Crippen LogP contribution in [0.25, 0.3) is 11.0 Å². The SMILES string of the molecule is O=C(NCCn1c(=O)[nH]c2ccccc21)NC1Cc2[nH]ncc2C(C(F)(F)F)C1. The molecule has 1 aromatic carbocycles. The van der Waals surface area contributed by atoms with Crippen molar-refractivity contribution in [3.05, 3.63) is 52.2 Å². The van der Waals surface area contributed by atoms with Crippen molar-refractivity contribution in [3.63, 3.8) is 0 Å². The third kappa shape index (κ3) is 3.84. The number of nitrogens with zero attached hydrogens (tertiary/aromatic N) is 2. The molecule has 0 bridgehead atoms. The molecular weight excluding hydrogens is 389 g/mol. The fourth-order valence-electron chi connectivity index (χ4n) is 3.79. The summed E-state index contributed by atoms with van der Waals surface area (Å²) in [6.45, 7) is 0.384. The van der Waals surface area contributed by atoms with Crippen molar-refractivity contribution >= 4 is 17.1 Å². The maximum atomic E-state index is 13.3. The Morgan fingerprint density at radius 2 is 2.10 bits per heavy atom. The summed E-state index contributed by atoms with van der Waals surface area (Å²) in [5.41, 5.74) is 1.63. The molecule has 4 rings (SSSR count). The summed E-state index contributed by atoms with van der Waals surface area (Å²) >= 11 is 0. The Kier molecular flexibility index (Phi) is 4.81. The quantitative estimate of drug-likeness (QED) is 0.530. The number of fused-ring (bicyclic) bond motifs is 2. The van der Waals surface area contributed by atoms with Crippen LogP contribution in [0, 0.1) is 0 Å². The van der Waals surface area contributed by atoms with Crippen LogP contribution in [0.1, 0.15) is 23.6 Å². The van der Waals surface area contributed by atoms with E-state index in [1.165, 1.54) is 10.8 Å². The number of nitrogens with one attached hydrogen (secondary N) is 4. The van der Waals surface area contributed by atoms with E-state index < -0.39 is 24.2 Å². The van der Waals surface area contributed by atoms with E-state index in [-0.39, 0.29) is 37.2 Å². The third-order valence-corrected chi connectivity index (χ3v) is 5.13. The first-order valence-corrected chi connectivity index (χ1v) is 9.13. The van der Waals surface area contributed by atoms with Gasteiger partial charge in [-0.2, -0.15) is 18.3 Å². The lowest BCUT2D eigenvalue weighted by molar-refractivity contribution is -0.154. The lowest BCUT2D eigenvalue weighted by Gasteiger charge is -2.30. The summed E-state index contributed by atoms with van der Waals surface area (Å²) < 4.78 is 41.5. The van der Waals surface area contributed by atoms with Gasteiger partial charge in [-0.05, 0) is 18.6 Å². The molecular formula is C18H19F3N6O2. The van der Waals surface area contributed by atoms with E-state index in [0.717, 1.165) is 0 Å². The second-order valence-electron chi connectivity index (χ2n) is 7.03. The summed E-state index contributed by atoms with van der Waals surface area (Å²) in [7, 11) is 0. The van der Waals surface area contributed by atoms with Crippen LogP contribution >= 0.6 is 0 Å². The van der Waals surface area contributed by atoms with Gasteiger partial charge in [0.25, 0.3) is 0 Å². The fourth-order valence-corrected chi connectivity index (χ4v) is 3.79. The maximum absolute atomic E-state index is 13.3. The molecule has 3 aromatic rings. The molecule has 2 heterocycles. The molecule has 0 fully saturated rings. The van der Waals surface area contributed by atoms with Gasteiger partial charge in [0, 0.05) is 36.8 Å². The molecule has 11 heteroatoms. The van der Waals surface area contributed by atoms with Gasteiger partial charge in [0.05, 0.1) is 23.1 Å². The Morgan fingerprint density at radius 1 is 1.31 bits per heavy atom. The Balaban J connectivity index is 1.35. The number of benzene rings is 1. The van der Waals surface area contributed by atoms with Crippen molar-refractivity contribution in [2.75, 3.05) is 6.54 Å². The molecule has 2 atom stereocenters. The molecule has 0 radical (unpaired) electrons. The van der Waals surface area contributed by atoms with Crippen LogP contribution < -0.4 is 16.3 Å². The summed E-state index contributed by atoms with van der Waals surface area (Å²) in [5, 5.41) is 11.5. The molecule has 0 spiro atoms. The number of H-pyrrole nitrogens is 2. The number of carbonyl (C=O) groups excluding carboxylic acids is 1. The number of para-hydroxylation sites is 2. The minimum absolute atomic E-state index is 0.134. The van der Waals surface area contributed by atoms with Gasteiger partial charge in [0.1, 0.15) is 0 Å². The molecule has 0 saturated carbocycles. The van der Waals surface area contributed by atoms with Crippen LogP contribution in [-0.2, 0) is 13.0 Å². The number of aromatic amines is 2. The second-order valence-corrected chi connectivity index (χ2v) is 7.03. The second kappa shape index (κ2) is 7.30. The molecule has 2 unspecified atom stereocenters. The molecule has 8 nitrogen and oxygen atoms in total. The highest BCUT2D eigenvalue weighted by molar-refractivity contribution is 5.75. The zero-order valence-corrected chi connectivity index (χ0v) is 15.2. The van der Waals surface area contributed by atoms with Gasteiger partial charge >= 0.3 is 17.9 Å². The Bertz CT molecular complexity index is 1080. The zero-order valence-electron chi connectivity index (χ0n) is 15.2. The molecule has 2 amide bonds. The van der Waals surface area contributed by atoms with Crippen molar-refractivity contribution in [2.45, 2.75) is 37.5 Å². The molecule has 0 saturated heterocycles. The topological polar surface area (TPSA) is 108 Å². The van der Waals surface area contributed by atoms with Crippen molar-refractivity contribution in [3.8, 4) is 0 Å². The predicted molar refractivity (Wildman–Crippen MR) is 98.6 cm³/mol. The highest BCUT2D eigenvalue weighted by Crippen LogP contribution is 2.42. The zero-order chi connectivity index (χ0) is 20.6. The third-order valence-electron chi connectivity index (χ3n) is 5.13. The number of amides is 2. The fraction of sp³-hybridized carbons (Fsp3) is 0.389. The minimum atomic E-state index is -4.41. The Labute approximate surface area is 162 Å². The van der Waals surface area contributed by atoms with Crippen LogP contribution in [-0.4, -0.2) is 44.5 Å². The van der Waals surface area contributed by atoms with Gasteiger partial charge in [-0.3, -0.25) is 9.67 Å². The average Bonchev–Trinajstić information content (AvgIpc) is 3.24. The molecule has 1 aliphatic carbocycles. The van der Waals surface area contributed by atoms with E-state index in [9.17, 15) is 22.8 Å². The minimum Gasteiger partial charge on any atom is -0.336 e. The Morgan fingerprint density at radius 3 is 2.90 bits per heavy atom. The number of hydrogen-bond acceptors (Lipinski definition) is 3. The van der Waals surface area contributed by atoms with Gasteiger partial charge < -0.3 is 15.6 Å². The van der Waals surface area contributed by atoms with E-state index in [1.54, 1.807) is 24.3 Å². The monoisotopic (exact) mass is 408 g/mol. The lowest BCUT2D eigenvalue weighted by Crippen LogP contribution is -2.47. The summed E-state index contributed by atoms with van der Waals surface area (Å²) in [5.74, 6) is -1.67. The van der Waals surface area contributed by atoms with Crippen LogP contribution in [0.4, 0.5) is 18.0 Å². The van der Waals surface area contributed by atoms with Crippen LogP contribution in [0.15, 0.2) is 35.3 Å². The van der Waals surface area contributed by atoms with Crippen LogP contribution in [0.2, 0.25) is 0 Å². The van der Waals surface area contributed by atoms with Crippen LogP contribution in [0.3, 0.4) is 0 Å². The van der Waals surface area contributed by atoms with Crippen molar-refractivity contribution in [1.82, 2.24) is 30.4 Å². The highest BCUT2D eigenvalue weighted by Gasteiger charge is 2.46. The molecule has 0 aliphatic heterocycles. The van der Waals surface area contributed by atoms with Crippen molar-refractivity contribution in [1.29, 1.82) is 0 Å². The van der Waals surface area contributed by atoms with Gasteiger partial charge in [0.15, 0.2) is 0 Å². The normalized spacial score (nSPS) is 19.1. The standard InChI is InChI=1S/C18H19F3N6O2/c19-18(20,21)12-7-10(8-14-11(12)9-23-26-14)24-16(28)22-5-6-27-15-4-2-1-3-13(15)25-17(27)29/h1-4,9-10,12H,5-8H2,(H,23,26)(H,25,29)(H2,22,24,28). The van der Waals surface area contributed by atoms with Crippen LogP contribution in [0.5, 0.6) is 0 Å². The maximum Gasteiger partial charge on any atom is 0.395 e. The highest BCUT2D eigenvalue weighted by atomic mass is 19.4. The number of rotatable bonds is 4. The van der Waals surface area contributed by atoms with E-state index in [0.29, 0.717) is 16.7 Å². The summed E-state index contributed by atoms with van der Waals surface area (Å²) in [4.78, 5) is 26.9. The molecule has 2 aromatic heterocycles. The average molecular weight is 408 g/mol. The first kappa shape index (κ1) is 19.1. The molecule has 4 N–H and O–H groups in total. The number of alkyl halides is 3. The number of aromatic nitrogens is 4. The van der Waals surface area contributed by atoms with Gasteiger partial charge in [-0.1, -0.05) is 12.1 Å². The van der Waals surface area contributed by atoms with E-state index in [2.05, 4.69) is 25.8 Å². The molecule has 1 aliphatic rings. The van der Waals surface area contributed by atoms with E-state index in [4.69, 9.17) is 0 Å². The number of carbonyl (C=O) groups is 1. The van der Waals surface area contributed by atoms with Crippen molar-refractivity contribution in [2.24, 2.45) is 0 Å². The number of hydrogen-bond donors (Lipinski definition) is 4. The molecule has 154 valence electrons. The number of urea groups is 1. The van der Waals surface area contributed by atoms with Crippen molar-refractivity contribution < 1.29 is 18.0 Å². The summed E-state index contributed by atoms with van der Waals surface area (Å²) in [6.07, 6.45) is -3.21. The largest absolute Gasteiger partial charge is 0.395 e. The van der Waals surface area contributed by atoms with E-state index >= 15 is 0 Å². The number of imidazole rings is 1. The molecule has 29 heavy (non-hydrogen) atoms. The lowest BCUT2D eigenvalue weighted by atomic mass is 9.83. The van der Waals surface area contributed by atoms with Gasteiger partial charge in [-0.15, -0.1) is 0 Å². The van der Waals surface area contributed by atoms with Gasteiger partial charge in [-0.25, -0.2) is 9.59 Å². The van der Waals surface area contributed by atoms with Gasteiger partial charge in [0.2, 0.25) is 0 Å². The number of halogens is 3. The smallest absolute Gasteiger partial charge is 0.336 e. The first-order valence-electron chi connectivity index (χ1n) is 9.13. The first-order chi connectivity index (χ1) is 13.8. The summed E-state index contributed by atoms with van der Waals surface area (Å²) in [6, 6.07) is 5.91.